The van der Waals surface area contributed by atoms with Gasteiger partial charge in [0, 0.05) is 29.5 Å². The van der Waals surface area contributed by atoms with Gasteiger partial charge in [0.25, 0.3) is 0 Å². The zero-order chi connectivity index (χ0) is 17.2. The van der Waals surface area contributed by atoms with E-state index in [-0.39, 0.29) is 22.6 Å². The van der Waals surface area contributed by atoms with Crippen molar-refractivity contribution >= 4 is 33.4 Å². The summed E-state index contributed by atoms with van der Waals surface area (Å²) in [6.07, 6.45) is 2.43. The highest BCUT2D eigenvalue weighted by atomic mass is 32.2. The first-order valence-corrected chi connectivity index (χ1v) is 9.93. The molecule has 1 aliphatic rings. The average molecular weight is 366 g/mol. The molecule has 8 heteroatoms. The summed E-state index contributed by atoms with van der Waals surface area (Å²) in [6.45, 7) is 2.21. The fraction of sp³-hybridized carbons (Fsp3) is 0.312. The van der Waals surface area contributed by atoms with Crippen LogP contribution in [0.1, 0.15) is 19.1 Å². The van der Waals surface area contributed by atoms with Gasteiger partial charge in [-0.2, -0.15) is 0 Å². The number of anilines is 1. The largest absolute Gasteiger partial charge is 0.469 e. The lowest BCUT2D eigenvalue weighted by Gasteiger charge is -2.11. The predicted molar refractivity (Wildman–Crippen MR) is 92.6 cm³/mol. The molecule has 0 unspecified atom stereocenters. The van der Waals surface area contributed by atoms with Crippen molar-refractivity contribution in [2.45, 2.75) is 34.8 Å². The fourth-order valence-electron chi connectivity index (χ4n) is 2.44. The van der Waals surface area contributed by atoms with Gasteiger partial charge in [0.2, 0.25) is 15.9 Å². The second-order valence-electron chi connectivity index (χ2n) is 5.57. The Labute approximate surface area is 145 Å². The first-order chi connectivity index (χ1) is 11.4. The third-order valence-corrected chi connectivity index (χ3v) is 6.22. The van der Waals surface area contributed by atoms with Gasteiger partial charge in [0.1, 0.15) is 5.76 Å². The Morgan fingerprint density at radius 1 is 1.38 bits per heavy atom. The number of hydrogen-bond donors (Lipinski definition) is 2. The molecule has 1 amide bonds. The fourth-order valence-corrected chi connectivity index (χ4v) is 4.55. The van der Waals surface area contributed by atoms with Gasteiger partial charge in [-0.25, -0.2) is 13.1 Å². The Morgan fingerprint density at radius 3 is 2.96 bits per heavy atom. The maximum Gasteiger partial charge on any atom is 0.240 e. The van der Waals surface area contributed by atoms with Crippen LogP contribution in [-0.4, -0.2) is 26.1 Å². The third-order valence-electron chi connectivity index (χ3n) is 3.58. The molecule has 1 aliphatic heterocycles. The molecule has 2 aromatic rings. The molecule has 1 atom stereocenters. The molecule has 0 radical (unpaired) electrons. The number of fused-ring (bicyclic) bond motifs is 1. The number of carbonyl (C=O) groups is 1. The van der Waals surface area contributed by atoms with Crippen molar-refractivity contribution in [3.8, 4) is 0 Å². The summed E-state index contributed by atoms with van der Waals surface area (Å²) in [4.78, 5) is 12.8. The lowest BCUT2D eigenvalue weighted by Crippen LogP contribution is -2.26. The van der Waals surface area contributed by atoms with Crippen molar-refractivity contribution < 1.29 is 17.6 Å². The zero-order valence-electron chi connectivity index (χ0n) is 13.1. The van der Waals surface area contributed by atoms with Crippen molar-refractivity contribution in [2.24, 2.45) is 0 Å². The van der Waals surface area contributed by atoms with Gasteiger partial charge >= 0.3 is 0 Å². The van der Waals surface area contributed by atoms with Crippen LogP contribution in [0.5, 0.6) is 0 Å². The van der Waals surface area contributed by atoms with Gasteiger partial charge in [-0.05, 0) is 30.3 Å². The van der Waals surface area contributed by atoms with Crippen LogP contribution >= 0.6 is 11.8 Å². The van der Waals surface area contributed by atoms with E-state index >= 15 is 0 Å². The summed E-state index contributed by atoms with van der Waals surface area (Å²) in [5.74, 6) is 0.617. The highest BCUT2D eigenvalue weighted by Crippen LogP contribution is 2.36. The van der Waals surface area contributed by atoms with E-state index in [1.165, 1.54) is 6.07 Å². The van der Waals surface area contributed by atoms with Crippen LogP contribution in [0.4, 0.5) is 5.69 Å². The van der Waals surface area contributed by atoms with Crippen molar-refractivity contribution in [3.05, 3.63) is 42.4 Å². The Balaban J connectivity index is 1.75. The summed E-state index contributed by atoms with van der Waals surface area (Å²) >= 11 is 1.56. The molecule has 24 heavy (non-hydrogen) atoms. The van der Waals surface area contributed by atoms with Gasteiger partial charge in [-0.1, -0.05) is 6.92 Å². The lowest BCUT2D eigenvalue weighted by molar-refractivity contribution is -0.116. The van der Waals surface area contributed by atoms with E-state index < -0.39 is 10.0 Å². The number of furan rings is 1. The molecule has 128 valence electrons. The van der Waals surface area contributed by atoms with Gasteiger partial charge in [0.05, 0.1) is 16.8 Å². The minimum absolute atomic E-state index is 0.103. The Hall–Kier alpha value is -1.77. The Morgan fingerprint density at radius 2 is 2.21 bits per heavy atom. The molecule has 0 spiro atoms. The van der Waals surface area contributed by atoms with Crippen molar-refractivity contribution in [1.29, 1.82) is 0 Å². The molecule has 2 N–H and O–H groups in total. The van der Waals surface area contributed by atoms with Crippen LogP contribution in [0.2, 0.25) is 0 Å². The van der Waals surface area contributed by atoms with Crippen LogP contribution in [0.25, 0.3) is 0 Å². The number of benzene rings is 1. The molecule has 3 rings (SSSR count). The molecule has 0 bridgehead atoms. The van der Waals surface area contributed by atoms with Crippen LogP contribution in [0.15, 0.2) is 50.8 Å². The summed E-state index contributed by atoms with van der Waals surface area (Å²) < 4.78 is 32.6. The quantitative estimate of drug-likeness (QED) is 0.849. The minimum atomic E-state index is -3.64. The summed E-state index contributed by atoms with van der Waals surface area (Å²) in [5, 5.41) is 2.93. The summed E-state index contributed by atoms with van der Waals surface area (Å²) in [5.41, 5.74) is 0.545. The van der Waals surface area contributed by atoms with Crippen molar-refractivity contribution in [2.75, 3.05) is 11.9 Å². The molecule has 0 aliphatic carbocycles. The molecule has 1 aromatic carbocycles. The third kappa shape index (κ3) is 4.00. The Bertz CT molecular complexity index is 832. The Kier molecular flexibility index (Phi) is 4.98. The average Bonchev–Trinajstić information content (AvgIpc) is 2.96. The second-order valence-corrected chi connectivity index (χ2v) is 8.81. The smallest absolute Gasteiger partial charge is 0.240 e. The van der Waals surface area contributed by atoms with Gasteiger partial charge in [-0.3, -0.25) is 4.79 Å². The predicted octanol–water partition coefficient (Wildman–Crippen LogP) is 2.62. The molecule has 0 saturated carbocycles. The van der Waals surface area contributed by atoms with Gasteiger partial charge in [0.15, 0.2) is 0 Å². The maximum absolute atomic E-state index is 12.4. The first kappa shape index (κ1) is 17.1. The molecule has 6 nitrogen and oxygen atoms in total. The highest BCUT2D eigenvalue weighted by molar-refractivity contribution is 8.00. The summed E-state index contributed by atoms with van der Waals surface area (Å²) in [7, 11) is -3.64. The molecule has 0 fully saturated rings. The van der Waals surface area contributed by atoms with Crippen LogP contribution < -0.4 is 10.0 Å². The number of amides is 1. The van der Waals surface area contributed by atoms with E-state index in [0.29, 0.717) is 18.5 Å². The zero-order valence-corrected chi connectivity index (χ0v) is 14.7. The van der Waals surface area contributed by atoms with Crippen molar-refractivity contribution in [1.82, 2.24) is 4.72 Å². The number of hydrogen-bond acceptors (Lipinski definition) is 5. The van der Waals surface area contributed by atoms with Gasteiger partial charge in [-0.15, -0.1) is 11.8 Å². The van der Waals surface area contributed by atoms with E-state index in [1.807, 2.05) is 6.92 Å². The van der Waals surface area contributed by atoms with Gasteiger partial charge < -0.3 is 9.73 Å². The molecule has 0 saturated heterocycles. The lowest BCUT2D eigenvalue weighted by atomic mass is 10.3. The van der Waals surface area contributed by atoms with E-state index in [0.717, 1.165) is 10.7 Å². The number of rotatable bonds is 5. The highest BCUT2D eigenvalue weighted by Gasteiger charge is 2.22. The first-order valence-electron chi connectivity index (χ1n) is 7.56. The molecule has 2 heterocycles. The topological polar surface area (TPSA) is 88.4 Å². The number of carbonyl (C=O) groups excluding carboxylic acids is 1. The van der Waals surface area contributed by atoms with E-state index in [4.69, 9.17) is 4.42 Å². The van der Waals surface area contributed by atoms with E-state index in [2.05, 4.69) is 10.0 Å². The van der Waals surface area contributed by atoms with Crippen molar-refractivity contribution in [3.63, 3.8) is 0 Å². The SMILES string of the molecule is C[C@H]1CC(=O)Nc2cc(S(=O)(=O)NCCc3ccco3)ccc2S1. The molecular weight excluding hydrogens is 348 g/mol. The minimum Gasteiger partial charge on any atom is -0.469 e. The van der Waals surface area contributed by atoms with Crippen LogP contribution in [0.3, 0.4) is 0 Å². The monoisotopic (exact) mass is 366 g/mol. The van der Waals surface area contributed by atoms with E-state index in [1.54, 1.807) is 42.3 Å². The standard InChI is InChI=1S/C16H18N2O4S2/c1-11-9-16(19)18-14-10-13(4-5-15(14)23-11)24(20,21)17-7-6-12-3-2-8-22-12/h2-5,8,10-11,17H,6-7,9H2,1H3,(H,18,19)/t11-/m0/s1. The number of nitrogens with one attached hydrogen (secondary N) is 2. The molecule has 1 aromatic heterocycles. The van der Waals surface area contributed by atoms with E-state index in [9.17, 15) is 13.2 Å². The molecular formula is C16H18N2O4S2. The number of thioether (sulfide) groups is 1. The summed E-state index contributed by atoms with van der Waals surface area (Å²) in [6, 6.07) is 8.37. The second kappa shape index (κ2) is 7.00. The van der Waals surface area contributed by atoms with Crippen LogP contribution in [0, 0.1) is 0 Å². The normalized spacial score (nSPS) is 17.9. The maximum atomic E-state index is 12.4. The van der Waals surface area contributed by atoms with Crippen LogP contribution in [-0.2, 0) is 21.2 Å². The number of sulfonamides is 1.